The lowest BCUT2D eigenvalue weighted by Gasteiger charge is -2.27. The van der Waals surface area contributed by atoms with Crippen LogP contribution in [0.25, 0.3) is 0 Å². The van der Waals surface area contributed by atoms with Crippen LogP contribution >= 0.6 is 0 Å². The monoisotopic (exact) mass is 439 g/mol. The van der Waals surface area contributed by atoms with E-state index < -0.39 is 46.1 Å². The molecule has 1 amide bonds. The number of alkyl halides is 3. The SMILES string of the molecule is O=C(OCC(=O)N(c1ccccc1)C1C=CS(=O)(=O)C1)c1cccc(C(F)(F)F)c1. The fraction of sp³-hybridized carbons (Fsp3) is 0.200. The molecule has 0 saturated heterocycles. The van der Waals surface area contributed by atoms with E-state index in [4.69, 9.17) is 4.74 Å². The number of benzene rings is 2. The highest BCUT2D eigenvalue weighted by molar-refractivity contribution is 7.94. The summed E-state index contributed by atoms with van der Waals surface area (Å²) in [5.74, 6) is -2.14. The number of ether oxygens (including phenoxy) is 1. The number of sulfone groups is 1. The van der Waals surface area contributed by atoms with Crippen molar-refractivity contribution in [2.24, 2.45) is 0 Å². The maximum Gasteiger partial charge on any atom is 0.416 e. The summed E-state index contributed by atoms with van der Waals surface area (Å²) >= 11 is 0. The maximum atomic E-state index is 12.8. The van der Waals surface area contributed by atoms with Gasteiger partial charge in [-0.05, 0) is 36.4 Å². The van der Waals surface area contributed by atoms with Gasteiger partial charge in [-0.2, -0.15) is 13.2 Å². The zero-order valence-electron chi connectivity index (χ0n) is 15.4. The van der Waals surface area contributed by atoms with Crippen molar-refractivity contribution in [1.29, 1.82) is 0 Å². The van der Waals surface area contributed by atoms with Gasteiger partial charge in [0.2, 0.25) is 0 Å². The fourth-order valence-corrected chi connectivity index (χ4v) is 4.20. The Morgan fingerprint density at radius 2 is 1.77 bits per heavy atom. The normalized spacial score (nSPS) is 17.5. The lowest BCUT2D eigenvalue weighted by molar-refractivity contribution is -0.137. The predicted octanol–water partition coefficient (Wildman–Crippen LogP) is 3.21. The van der Waals surface area contributed by atoms with E-state index in [0.29, 0.717) is 11.8 Å². The molecule has 0 N–H and O–H groups in total. The molecule has 2 aromatic carbocycles. The van der Waals surface area contributed by atoms with Crippen molar-refractivity contribution in [2.75, 3.05) is 17.3 Å². The Hall–Kier alpha value is -3.14. The van der Waals surface area contributed by atoms with Crippen LogP contribution in [0.4, 0.5) is 18.9 Å². The van der Waals surface area contributed by atoms with Crippen molar-refractivity contribution >= 4 is 27.4 Å². The van der Waals surface area contributed by atoms with Gasteiger partial charge < -0.3 is 9.64 Å². The Bertz CT molecular complexity index is 1080. The van der Waals surface area contributed by atoms with Gasteiger partial charge in [0, 0.05) is 11.1 Å². The Kier molecular flexibility index (Phi) is 5.97. The Morgan fingerprint density at radius 1 is 1.07 bits per heavy atom. The van der Waals surface area contributed by atoms with Crippen molar-refractivity contribution in [1.82, 2.24) is 0 Å². The molecule has 0 bridgehead atoms. The van der Waals surface area contributed by atoms with Crippen molar-refractivity contribution in [3.8, 4) is 0 Å². The average molecular weight is 439 g/mol. The van der Waals surface area contributed by atoms with Gasteiger partial charge in [-0.15, -0.1) is 0 Å². The van der Waals surface area contributed by atoms with E-state index in [1.807, 2.05) is 0 Å². The molecule has 0 fully saturated rings. The number of carbonyl (C=O) groups excluding carboxylic acids is 2. The predicted molar refractivity (Wildman–Crippen MR) is 102 cm³/mol. The van der Waals surface area contributed by atoms with Gasteiger partial charge in [0.15, 0.2) is 16.4 Å². The van der Waals surface area contributed by atoms with Gasteiger partial charge in [0.25, 0.3) is 5.91 Å². The minimum absolute atomic E-state index is 0.324. The highest BCUT2D eigenvalue weighted by atomic mass is 32.2. The van der Waals surface area contributed by atoms with Crippen LogP contribution in [0.1, 0.15) is 15.9 Å². The number of para-hydroxylation sites is 1. The summed E-state index contributed by atoms with van der Waals surface area (Å²) in [6.07, 6.45) is -3.27. The van der Waals surface area contributed by atoms with Crippen LogP contribution in [-0.2, 0) is 25.5 Å². The molecule has 30 heavy (non-hydrogen) atoms. The summed E-state index contributed by atoms with van der Waals surface area (Å²) in [6, 6.07) is 11.0. The summed E-state index contributed by atoms with van der Waals surface area (Å²) in [6.45, 7) is -0.769. The quantitative estimate of drug-likeness (QED) is 0.669. The molecule has 0 saturated carbocycles. The Balaban J connectivity index is 1.75. The lowest BCUT2D eigenvalue weighted by atomic mass is 10.1. The topological polar surface area (TPSA) is 80.8 Å². The summed E-state index contributed by atoms with van der Waals surface area (Å²) in [5.41, 5.74) is -0.980. The van der Waals surface area contributed by atoms with Gasteiger partial charge in [-0.1, -0.05) is 24.3 Å². The smallest absolute Gasteiger partial charge is 0.416 e. The molecule has 0 radical (unpaired) electrons. The Labute approximate surface area is 170 Å². The largest absolute Gasteiger partial charge is 0.452 e. The van der Waals surface area contributed by atoms with Crippen molar-refractivity contribution < 1.29 is 35.9 Å². The summed E-state index contributed by atoms with van der Waals surface area (Å²) in [4.78, 5) is 26.1. The first-order valence-corrected chi connectivity index (χ1v) is 10.4. The van der Waals surface area contributed by atoms with Gasteiger partial charge in [-0.25, -0.2) is 13.2 Å². The second-order valence-electron chi connectivity index (χ2n) is 6.48. The van der Waals surface area contributed by atoms with E-state index in [1.165, 1.54) is 11.0 Å². The van der Waals surface area contributed by atoms with Crippen LogP contribution in [-0.4, -0.2) is 38.7 Å². The summed E-state index contributed by atoms with van der Waals surface area (Å²) < 4.78 is 66.8. The molecule has 1 atom stereocenters. The van der Waals surface area contributed by atoms with Crippen molar-refractivity contribution in [3.63, 3.8) is 0 Å². The van der Waals surface area contributed by atoms with E-state index >= 15 is 0 Å². The van der Waals surface area contributed by atoms with Gasteiger partial charge in [-0.3, -0.25) is 4.79 Å². The minimum atomic E-state index is -4.63. The van der Waals surface area contributed by atoms with Crippen LogP contribution < -0.4 is 4.90 Å². The van der Waals surface area contributed by atoms with E-state index in [-0.39, 0.29) is 11.3 Å². The third-order valence-electron chi connectivity index (χ3n) is 4.30. The highest BCUT2D eigenvalue weighted by Crippen LogP contribution is 2.29. The second-order valence-corrected chi connectivity index (χ2v) is 8.41. The molecule has 10 heteroatoms. The second kappa shape index (κ2) is 8.31. The number of amides is 1. The van der Waals surface area contributed by atoms with Crippen LogP contribution in [0.5, 0.6) is 0 Å². The molecule has 1 unspecified atom stereocenters. The molecule has 0 aliphatic carbocycles. The van der Waals surface area contributed by atoms with Gasteiger partial charge in [0.05, 0.1) is 22.9 Å². The summed E-state index contributed by atoms with van der Waals surface area (Å²) in [5, 5.41) is 1.01. The fourth-order valence-electron chi connectivity index (χ4n) is 2.93. The van der Waals surface area contributed by atoms with Crippen LogP contribution in [0.2, 0.25) is 0 Å². The van der Waals surface area contributed by atoms with Crippen LogP contribution in [0, 0.1) is 0 Å². The number of halogens is 3. The van der Waals surface area contributed by atoms with E-state index in [1.54, 1.807) is 30.3 Å². The number of carbonyl (C=O) groups is 2. The third-order valence-corrected chi connectivity index (χ3v) is 5.68. The molecule has 3 rings (SSSR count). The molecule has 158 valence electrons. The average Bonchev–Trinajstić information content (AvgIpc) is 3.05. The number of hydrogen-bond acceptors (Lipinski definition) is 5. The van der Waals surface area contributed by atoms with Crippen molar-refractivity contribution in [3.05, 3.63) is 77.2 Å². The Morgan fingerprint density at radius 3 is 2.37 bits per heavy atom. The maximum absolute atomic E-state index is 12.8. The van der Waals surface area contributed by atoms with E-state index in [2.05, 4.69) is 0 Å². The van der Waals surface area contributed by atoms with E-state index in [9.17, 15) is 31.2 Å². The van der Waals surface area contributed by atoms with Gasteiger partial charge >= 0.3 is 12.1 Å². The molecule has 1 heterocycles. The molecule has 0 aromatic heterocycles. The highest BCUT2D eigenvalue weighted by Gasteiger charge is 2.33. The number of anilines is 1. The first-order valence-electron chi connectivity index (χ1n) is 8.69. The molecular formula is C20H16F3NO5S. The first kappa shape index (κ1) is 21.6. The molecule has 6 nitrogen and oxygen atoms in total. The molecule has 2 aromatic rings. The zero-order valence-corrected chi connectivity index (χ0v) is 16.2. The molecule has 1 aliphatic heterocycles. The minimum Gasteiger partial charge on any atom is -0.452 e. The number of hydrogen-bond donors (Lipinski definition) is 0. The third kappa shape index (κ3) is 5.07. The van der Waals surface area contributed by atoms with Crippen molar-refractivity contribution in [2.45, 2.75) is 12.2 Å². The standard InChI is InChI=1S/C20H16F3NO5S/c21-20(22,23)15-6-4-5-14(11-15)19(26)29-12-18(25)24(16-7-2-1-3-8-16)17-9-10-30(27,28)13-17/h1-11,17H,12-13H2. The van der Waals surface area contributed by atoms with Gasteiger partial charge in [0.1, 0.15) is 0 Å². The molecule has 1 aliphatic rings. The zero-order chi connectivity index (χ0) is 21.9. The first-order chi connectivity index (χ1) is 14.1. The lowest BCUT2D eigenvalue weighted by Crippen LogP contribution is -2.43. The van der Waals surface area contributed by atoms with Crippen LogP contribution in [0.15, 0.2) is 66.1 Å². The number of rotatable bonds is 5. The molecular weight excluding hydrogens is 423 g/mol. The van der Waals surface area contributed by atoms with Crippen LogP contribution in [0.3, 0.4) is 0 Å². The summed E-state index contributed by atoms with van der Waals surface area (Å²) in [7, 11) is -3.46. The van der Waals surface area contributed by atoms with E-state index in [0.717, 1.165) is 23.6 Å². The molecule has 0 spiro atoms. The number of nitrogens with zero attached hydrogens (tertiary/aromatic N) is 1. The number of esters is 1.